The van der Waals surface area contributed by atoms with Crippen LogP contribution in [0, 0.1) is 5.82 Å². The van der Waals surface area contributed by atoms with Crippen molar-refractivity contribution in [3.05, 3.63) is 65.5 Å². The van der Waals surface area contributed by atoms with Gasteiger partial charge in [0.1, 0.15) is 17.2 Å². The number of nitrogens with zero attached hydrogens (tertiary/aromatic N) is 1. The summed E-state index contributed by atoms with van der Waals surface area (Å²) in [5.74, 6) is 0.476. The van der Waals surface area contributed by atoms with Crippen molar-refractivity contribution in [1.82, 2.24) is 4.90 Å². The van der Waals surface area contributed by atoms with Gasteiger partial charge in [-0.25, -0.2) is 9.18 Å². The number of carbonyl (C=O) groups is 1. The molecule has 0 bridgehead atoms. The summed E-state index contributed by atoms with van der Waals surface area (Å²) in [5.41, 5.74) is 1.23. The van der Waals surface area contributed by atoms with Gasteiger partial charge in [-0.3, -0.25) is 0 Å². The minimum absolute atomic E-state index is 0.0522. The summed E-state index contributed by atoms with van der Waals surface area (Å²) < 4.78 is 25.4. The third-order valence-electron chi connectivity index (χ3n) is 5.14. The van der Waals surface area contributed by atoms with Crippen molar-refractivity contribution >= 4 is 6.09 Å². The van der Waals surface area contributed by atoms with Gasteiger partial charge < -0.3 is 14.4 Å². The van der Waals surface area contributed by atoms with Crippen molar-refractivity contribution in [2.75, 3.05) is 19.7 Å². The molecular formula is C20H20FNO3. The van der Waals surface area contributed by atoms with E-state index in [2.05, 4.69) is 0 Å². The predicted octanol–water partition coefficient (Wildman–Crippen LogP) is 4.06. The second kappa shape index (κ2) is 6.06. The van der Waals surface area contributed by atoms with E-state index in [-0.39, 0.29) is 17.8 Å². The lowest BCUT2D eigenvalue weighted by Gasteiger charge is -2.43. The molecule has 2 heterocycles. The first-order chi connectivity index (χ1) is 12.1. The van der Waals surface area contributed by atoms with Gasteiger partial charge in [0.2, 0.25) is 0 Å². The number of para-hydroxylation sites is 1. The first-order valence-electron chi connectivity index (χ1n) is 8.60. The van der Waals surface area contributed by atoms with Crippen molar-refractivity contribution < 1.29 is 18.7 Å². The average Bonchev–Trinajstić information content (AvgIpc) is 2.97. The largest absolute Gasteiger partial charge is 0.481 e. The molecule has 1 saturated heterocycles. The van der Waals surface area contributed by atoms with E-state index in [1.54, 1.807) is 24.0 Å². The summed E-state index contributed by atoms with van der Waals surface area (Å²) in [7, 11) is 0. The fraction of sp³-hybridized carbons (Fsp3) is 0.350. The molecule has 25 heavy (non-hydrogen) atoms. The number of halogens is 1. The molecule has 2 aliphatic heterocycles. The molecule has 0 saturated carbocycles. The Balaban J connectivity index is 1.75. The number of amides is 1. The van der Waals surface area contributed by atoms with Crippen molar-refractivity contribution in [2.45, 2.75) is 24.9 Å². The van der Waals surface area contributed by atoms with Crippen LogP contribution in [0.25, 0.3) is 0 Å². The molecule has 0 spiro atoms. The monoisotopic (exact) mass is 341 g/mol. The average molecular weight is 341 g/mol. The highest BCUT2D eigenvalue weighted by Crippen LogP contribution is 2.54. The van der Waals surface area contributed by atoms with Crippen LogP contribution in [0.3, 0.4) is 0 Å². The Morgan fingerprint density at radius 2 is 2.16 bits per heavy atom. The maximum Gasteiger partial charge on any atom is 0.409 e. The molecule has 4 nitrogen and oxygen atoms in total. The molecular weight excluding hydrogens is 321 g/mol. The molecule has 0 radical (unpaired) electrons. The number of likely N-dealkylation sites (tertiary alicyclic amines) is 1. The van der Waals surface area contributed by atoms with Gasteiger partial charge in [0, 0.05) is 31.0 Å². The normalized spacial score (nSPS) is 24.2. The molecule has 2 aromatic carbocycles. The molecule has 0 aliphatic carbocycles. The van der Waals surface area contributed by atoms with Gasteiger partial charge in [-0.1, -0.05) is 30.3 Å². The number of hydrogen-bond acceptors (Lipinski definition) is 3. The van der Waals surface area contributed by atoms with Crippen molar-refractivity contribution in [3.63, 3.8) is 0 Å². The Bertz CT molecular complexity index is 809. The Morgan fingerprint density at radius 1 is 1.32 bits per heavy atom. The molecule has 1 amide bonds. The number of rotatable bonds is 2. The van der Waals surface area contributed by atoms with Crippen LogP contribution in [0.1, 0.15) is 30.4 Å². The molecule has 4 rings (SSSR count). The second-order valence-corrected chi connectivity index (χ2v) is 6.49. The molecule has 2 aromatic rings. The topological polar surface area (TPSA) is 38.8 Å². The summed E-state index contributed by atoms with van der Waals surface area (Å²) in [6.45, 7) is 3.15. The minimum Gasteiger partial charge on any atom is -0.481 e. The summed E-state index contributed by atoms with van der Waals surface area (Å²) in [5, 5.41) is 0. The highest BCUT2D eigenvalue weighted by Gasteiger charge is 2.53. The number of fused-ring (bicyclic) bond motifs is 3. The smallest absolute Gasteiger partial charge is 0.409 e. The molecule has 0 aromatic heterocycles. The number of benzene rings is 2. The van der Waals surface area contributed by atoms with Gasteiger partial charge in [-0.2, -0.15) is 0 Å². The third kappa shape index (κ3) is 2.54. The van der Waals surface area contributed by atoms with E-state index in [0.29, 0.717) is 26.1 Å². The highest BCUT2D eigenvalue weighted by atomic mass is 19.1. The number of hydrogen-bond donors (Lipinski definition) is 0. The maximum atomic E-state index is 13.9. The standard InChI is InChI=1S/C20H20FNO3/c1-2-24-19(23)22-11-10-20(14-6-5-7-15(21)12-14)17(13-22)16-8-3-4-9-18(16)25-20/h3-9,12,17H,2,10-11,13H2,1H3. The highest BCUT2D eigenvalue weighted by molar-refractivity contribution is 5.68. The molecule has 2 aliphatic rings. The Hall–Kier alpha value is -2.56. The van der Waals surface area contributed by atoms with Crippen molar-refractivity contribution in [3.8, 4) is 5.75 Å². The van der Waals surface area contributed by atoms with Crippen LogP contribution < -0.4 is 4.74 Å². The van der Waals surface area contributed by atoms with E-state index < -0.39 is 5.60 Å². The van der Waals surface area contributed by atoms with Crippen LogP contribution >= 0.6 is 0 Å². The minimum atomic E-state index is -0.644. The quantitative estimate of drug-likeness (QED) is 0.827. The SMILES string of the molecule is CCOC(=O)N1CCC2(c3cccc(F)c3)Oc3ccccc3C2C1. The van der Waals surface area contributed by atoms with Crippen LogP contribution in [0.2, 0.25) is 0 Å². The van der Waals surface area contributed by atoms with Crippen LogP contribution in [0.4, 0.5) is 9.18 Å². The van der Waals surface area contributed by atoms with E-state index in [0.717, 1.165) is 16.9 Å². The van der Waals surface area contributed by atoms with Gasteiger partial charge in [-0.05, 0) is 30.7 Å². The maximum absolute atomic E-state index is 13.9. The van der Waals surface area contributed by atoms with Crippen LogP contribution in [0.15, 0.2) is 48.5 Å². The fourth-order valence-corrected chi connectivity index (χ4v) is 4.00. The summed E-state index contributed by atoms with van der Waals surface area (Å²) in [6, 6.07) is 14.4. The van der Waals surface area contributed by atoms with E-state index in [4.69, 9.17) is 9.47 Å². The molecule has 1 fully saturated rings. The fourth-order valence-electron chi connectivity index (χ4n) is 4.00. The molecule has 2 atom stereocenters. The van der Waals surface area contributed by atoms with Gasteiger partial charge in [0.15, 0.2) is 0 Å². The first-order valence-corrected chi connectivity index (χ1v) is 8.60. The number of carbonyl (C=O) groups excluding carboxylic acids is 1. The van der Waals surface area contributed by atoms with E-state index in [1.165, 1.54) is 6.07 Å². The van der Waals surface area contributed by atoms with E-state index in [9.17, 15) is 9.18 Å². The molecule has 2 unspecified atom stereocenters. The lowest BCUT2D eigenvalue weighted by molar-refractivity contribution is -0.00118. The lowest BCUT2D eigenvalue weighted by atomic mass is 9.74. The number of piperidine rings is 1. The van der Waals surface area contributed by atoms with Crippen molar-refractivity contribution in [2.24, 2.45) is 0 Å². The predicted molar refractivity (Wildman–Crippen MR) is 91.1 cm³/mol. The number of ether oxygens (including phenoxy) is 2. The van der Waals surface area contributed by atoms with Crippen LogP contribution in [0.5, 0.6) is 5.75 Å². The van der Waals surface area contributed by atoms with E-state index in [1.807, 2.05) is 30.3 Å². The summed E-state index contributed by atoms with van der Waals surface area (Å²) >= 11 is 0. The van der Waals surface area contributed by atoms with Gasteiger partial charge >= 0.3 is 6.09 Å². The molecule has 130 valence electrons. The Kier molecular flexibility index (Phi) is 3.86. The zero-order chi connectivity index (χ0) is 17.4. The molecule has 5 heteroatoms. The first kappa shape index (κ1) is 15.9. The van der Waals surface area contributed by atoms with Gasteiger partial charge in [0.25, 0.3) is 0 Å². The second-order valence-electron chi connectivity index (χ2n) is 6.49. The third-order valence-corrected chi connectivity index (χ3v) is 5.14. The van der Waals surface area contributed by atoms with Crippen molar-refractivity contribution in [1.29, 1.82) is 0 Å². The van der Waals surface area contributed by atoms with Gasteiger partial charge in [0.05, 0.1) is 6.61 Å². The van der Waals surface area contributed by atoms with Gasteiger partial charge in [-0.15, -0.1) is 0 Å². The van der Waals surface area contributed by atoms with E-state index >= 15 is 0 Å². The summed E-state index contributed by atoms with van der Waals surface area (Å²) in [6.07, 6.45) is 0.286. The molecule has 0 N–H and O–H groups in total. The Labute approximate surface area is 146 Å². The van der Waals surface area contributed by atoms with Crippen LogP contribution in [-0.4, -0.2) is 30.7 Å². The Morgan fingerprint density at radius 3 is 2.96 bits per heavy atom. The van der Waals surface area contributed by atoms with Crippen LogP contribution in [-0.2, 0) is 10.3 Å². The zero-order valence-electron chi connectivity index (χ0n) is 14.1. The lowest BCUT2D eigenvalue weighted by Crippen LogP contribution is -2.50. The zero-order valence-corrected chi connectivity index (χ0v) is 14.1. The summed E-state index contributed by atoms with van der Waals surface area (Å²) in [4.78, 5) is 13.9.